The molecule has 0 spiro atoms. The fraction of sp³-hybridized carbons (Fsp3) is 0.250. The number of aliphatic hydroxyl groups excluding tert-OH is 1. The van der Waals surface area contributed by atoms with Gasteiger partial charge in [-0.15, -0.1) is 0 Å². The quantitative estimate of drug-likeness (QED) is 0.583. The summed E-state index contributed by atoms with van der Waals surface area (Å²) < 4.78 is 4.72. The molecule has 0 aliphatic carbocycles. The molecule has 1 N–H and O–H groups in total. The summed E-state index contributed by atoms with van der Waals surface area (Å²) in [5.41, 5.74) is 0.903. The number of rotatable bonds is 5. The maximum Gasteiger partial charge on any atom is 0.335 e. The van der Waals surface area contributed by atoms with Gasteiger partial charge in [0, 0.05) is 6.42 Å². The summed E-state index contributed by atoms with van der Waals surface area (Å²) in [6.45, 7) is 3.55. The van der Waals surface area contributed by atoms with Crippen LogP contribution in [0.4, 0.5) is 0 Å². The monoisotopic (exact) mass is 206 g/mol. The lowest BCUT2D eigenvalue weighted by Crippen LogP contribution is -2.25. The molecule has 15 heavy (non-hydrogen) atoms. The van der Waals surface area contributed by atoms with E-state index in [1.165, 1.54) is 6.08 Å². The molecule has 0 amide bonds. The number of hydrogen-bond acceptors (Lipinski definition) is 3. The Kier molecular flexibility index (Phi) is 4.57. The van der Waals surface area contributed by atoms with Crippen molar-refractivity contribution in [1.29, 1.82) is 0 Å². The van der Waals surface area contributed by atoms with Crippen molar-refractivity contribution in [1.82, 2.24) is 0 Å². The van der Waals surface area contributed by atoms with Gasteiger partial charge in [0.1, 0.15) is 6.61 Å². The number of carbonyl (C=O) groups is 1. The molecule has 1 rings (SSSR count). The van der Waals surface area contributed by atoms with Gasteiger partial charge >= 0.3 is 5.97 Å². The predicted molar refractivity (Wildman–Crippen MR) is 57.3 cm³/mol. The van der Waals surface area contributed by atoms with Gasteiger partial charge in [-0.2, -0.15) is 0 Å². The Labute approximate surface area is 89.0 Å². The van der Waals surface area contributed by atoms with Crippen molar-refractivity contribution < 1.29 is 14.6 Å². The molecule has 0 saturated heterocycles. The van der Waals surface area contributed by atoms with Crippen LogP contribution in [0, 0.1) is 0 Å². The van der Waals surface area contributed by atoms with Gasteiger partial charge in [-0.1, -0.05) is 43.0 Å². The highest BCUT2D eigenvalue weighted by Gasteiger charge is 2.16. The van der Waals surface area contributed by atoms with Crippen LogP contribution in [0.5, 0.6) is 0 Å². The number of hydrogen-bond donors (Lipinski definition) is 1. The Bertz CT molecular complexity index is 319. The normalized spacial score (nSPS) is 11.8. The minimum atomic E-state index is -1.10. The van der Waals surface area contributed by atoms with E-state index >= 15 is 0 Å². The number of carbonyl (C=O) groups excluding carboxylic acids is 1. The zero-order chi connectivity index (χ0) is 11.1. The molecule has 80 valence electrons. The summed E-state index contributed by atoms with van der Waals surface area (Å²) in [4.78, 5) is 11.2. The number of ether oxygens (including phenoxy) is 1. The zero-order valence-corrected chi connectivity index (χ0v) is 8.43. The van der Waals surface area contributed by atoms with E-state index in [4.69, 9.17) is 4.74 Å². The van der Waals surface area contributed by atoms with Crippen LogP contribution in [-0.2, 0) is 16.0 Å². The molecule has 1 unspecified atom stereocenters. The molecule has 0 aliphatic rings. The van der Waals surface area contributed by atoms with Crippen LogP contribution in [0.3, 0.4) is 0 Å². The zero-order valence-electron chi connectivity index (χ0n) is 8.43. The molecule has 0 aliphatic heterocycles. The standard InChI is InChI=1S/C12H14O3/c1-2-8-15-12(14)11(13)9-10-6-4-3-5-7-10/h2-7,11,13H,1,8-9H2. The largest absolute Gasteiger partial charge is 0.460 e. The highest BCUT2D eigenvalue weighted by atomic mass is 16.5. The number of aliphatic hydroxyl groups is 1. The Morgan fingerprint density at radius 1 is 1.47 bits per heavy atom. The summed E-state index contributed by atoms with van der Waals surface area (Å²) >= 11 is 0. The van der Waals surface area contributed by atoms with E-state index in [1.54, 1.807) is 0 Å². The molecular formula is C12H14O3. The van der Waals surface area contributed by atoms with Gasteiger partial charge in [-0.05, 0) is 5.56 Å². The van der Waals surface area contributed by atoms with Crippen molar-refractivity contribution >= 4 is 5.97 Å². The number of benzene rings is 1. The van der Waals surface area contributed by atoms with Crippen LogP contribution in [0.15, 0.2) is 43.0 Å². The minimum absolute atomic E-state index is 0.130. The van der Waals surface area contributed by atoms with E-state index in [1.807, 2.05) is 30.3 Å². The van der Waals surface area contributed by atoms with Gasteiger partial charge in [-0.3, -0.25) is 0 Å². The first-order valence-electron chi connectivity index (χ1n) is 4.73. The maximum absolute atomic E-state index is 11.2. The SMILES string of the molecule is C=CCOC(=O)C(O)Cc1ccccc1. The van der Waals surface area contributed by atoms with Gasteiger partial charge in [-0.25, -0.2) is 4.79 Å². The van der Waals surface area contributed by atoms with Crippen LogP contribution >= 0.6 is 0 Å². The lowest BCUT2D eigenvalue weighted by molar-refractivity contribution is -0.152. The van der Waals surface area contributed by atoms with Gasteiger partial charge in [0.2, 0.25) is 0 Å². The second-order valence-electron chi connectivity index (χ2n) is 3.12. The molecule has 1 atom stereocenters. The molecule has 1 aromatic carbocycles. The van der Waals surface area contributed by atoms with Crippen LogP contribution < -0.4 is 0 Å². The lowest BCUT2D eigenvalue weighted by atomic mass is 10.1. The topological polar surface area (TPSA) is 46.5 Å². The molecule has 1 aromatic rings. The summed E-state index contributed by atoms with van der Waals surface area (Å²) in [5, 5.41) is 9.49. The maximum atomic E-state index is 11.2. The molecular weight excluding hydrogens is 192 g/mol. The van der Waals surface area contributed by atoms with Crippen molar-refractivity contribution in [2.24, 2.45) is 0 Å². The first-order valence-corrected chi connectivity index (χ1v) is 4.73. The van der Waals surface area contributed by atoms with Crippen molar-refractivity contribution in [2.45, 2.75) is 12.5 Å². The summed E-state index contributed by atoms with van der Waals surface area (Å²) in [6.07, 6.45) is 0.636. The van der Waals surface area contributed by atoms with Crippen molar-refractivity contribution in [3.05, 3.63) is 48.6 Å². The molecule has 3 nitrogen and oxygen atoms in total. The van der Waals surface area contributed by atoms with Crippen LogP contribution in [0.25, 0.3) is 0 Å². The minimum Gasteiger partial charge on any atom is -0.460 e. The highest BCUT2D eigenvalue weighted by Crippen LogP contribution is 2.04. The average Bonchev–Trinajstić information content (AvgIpc) is 2.27. The van der Waals surface area contributed by atoms with E-state index in [0.29, 0.717) is 0 Å². The molecule has 0 aromatic heterocycles. The van der Waals surface area contributed by atoms with E-state index in [0.717, 1.165) is 5.56 Å². The summed E-state index contributed by atoms with van der Waals surface area (Å²) in [7, 11) is 0. The van der Waals surface area contributed by atoms with E-state index in [-0.39, 0.29) is 13.0 Å². The van der Waals surface area contributed by atoms with Crippen LogP contribution in [0.1, 0.15) is 5.56 Å². The Morgan fingerprint density at radius 2 is 2.13 bits per heavy atom. The van der Waals surface area contributed by atoms with Crippen molar-refractivity contribution in [3.63, 3.8) is 0 Å². The third-order valence-electron chi connectivity index (χ3n) is 1.89. The van der Waals surface area contributed by atoms with Gasteiger partial charge < -0.3 is 9.84 Å². The van der Waals surface area contributed by atoms with Gasteiger partial charge in [0.25, 0.3) is 0 Å². The van der Waals surface area contributed by atoms with Gasteiger partial charge in [0.15, 0.2) is 6.10 Å². The van der Waals surface area contributed by atoms with Crippen LogP contribution in [0.2, 0.25) is 0 Å². The first kappa shape index (κ1) is 11.5. The Balaban J connectivity index is 2.45. The first-order chi connectivity index (χ1) is 7.24. The fourth-order valence-corrected chi connectivity index (χ4v) is 1.16. The fourth-order valence-electron chi connectivity index (χ4n) is 1.16. The Hall–Kier alpha value is -1.61. The van der Waals surface area contributed by atoms with E-state index < -0.39 is 12.1 Å². The van der Waals surface area contributed by atoms with Crippen LogP contribution in [-0.4, -0.2) is 23.8 Å². The summed E-state index contributed by atoms with van der Waals surface area (Å²) in [6, 6.07) is 9.30. The second kappa shape index (κ2) is 5.98. The third-order valence-corrected chi connectivity index (χ3v) is 1.89. The number of esters is 1. The van der Waals surface area contributed by atoms with E-state index in [2.05, 4.69) is 6.58 Å². The summed E-state index contributed by atoms with van der Waals surface area (Å²) in [5.74, 6) is -0.612. The Morgan fingerprint density at radius 3 is 2.73 bits per heavy atom. The molecule has 0 fully saturated rings. The predicted octanol–water partition coefficient (Wildman–Crippen LogP) is 1.32. The van der Waals surface area contributed by atoms with Crippen molar-refractivity contribution in [3.8, 4) is 0 Å². The molecule has 0 radical (unpaired) electrons. The third kappa shape index (κ3) is 3.95. The average molecular weight is 206 g/mol. The molecule has 0 heterocycles. The van der Waals surface area contributed by atoms with Gasteiger partial charge in [0.05, 0.1) is 0 Å². The van der Waals surface area contributed by atoms with Crippen molar-refractivity contribution in [2.75, 3.05) is 6.61 Å². The smallest absolute Gasteiger partial charge is 0.335 e. The molecule has 0 bridgehead atoms. The molecule has 3 heteroatoms. The molecule has 0 saturated carbocycles. The lowest BCUT2D eigenvalue weighted by Gasteiger charge is -2.09. The second-order valence-corrected chi connectivity index (χ2v) is 3.12. The van der Waals surface area contributed by atoms with E-state index in [9.17, 15) is 9.90 Å². The highest BCUT2D eigenvalue weighted by molar-refractivity contribution is 5.74.